The van der Waals surface area contributed by atoms with Crippen LogP contribution in [0.25, 0.3) is 5.69 Å². The first-order chi connectivity index (χ1) is 7.69. The van der Waals surface area contributed by atoms with Crippen LogP contribution in [0.3, 0.4) is 0 Å². The highest BCUT2D eigenvalue weighted by molar-refractivity contribution is 9.10. The van der Waals surface area contributed by atoms with E-state index in [1.54, 1.807) is 10.9 Å². The van der Waals surface area contributed by atoms with Gasteiger partial charge in [-0.2, -0.15) is 10.4 Å². The lowest BCUT2D eigenvalue weighted by Crippen LogP contribution is -1.94. The third kappa shape index (κ3) is 2.31. The van der Waals surface area contributed by atoms with Gasteiger partial charge in [-0.3, -0.25) is 0 Å². The molecule has 0 unspecified atom stereocenters. The quantitative estimate of drug-likeness (QED) is 0.846. The van der Waals surface area contributed by atoms with Crippen molar-refractivity contribution in [2.75, 3.05) is 0 Å². The SMILES string of the molecule is Cc1cc(Br)cc(-n2cc(CC#N)cn2)c1. The van der Waals surface area contributed by atoms with Crippen LogP contribution >= 0.6 is 15.9 Å². The lowest BCUT2D eigenvalue weighted by molar-refractivity contribution is 0.878. The standard InChI is InChI=1S/C12H10BrN3/c1-9-4-11(13)6-12(5-9)16-8-10(2-3-14)7-15-16/h4-8H,2H2,1H3. The number of aryl methyl sites for hydroxylation is 1. The van der Waals surface area contributed by atoms with Crippen molar-refractivity contribution in [2.45, 2.75) is 13.3 Å². The minimum atomic E-state index is 0.396. The molecule has 1 aromatic carbocycles. The summed E-state index contributed by atoms with van der Waals surface area (Å²) in [6.45, 7) is 2.04. The summed E-state index contributed by atoms with van der Waals surface area (Å²) < 4.78 is 2.81. The van der Waals surface area contributed by atoms with Gasteiger partial charge in [0.25, 0.3) is 0 Å². The van der Waals surface area contributed by atoms with Gasteiger partial charge in [-0.05, 0) is 30.7 Å². The molecule has 0 bridgehead atoms. The summed E-state index contributed by atoms with van der Waals surface area (Å²) in [5, 5.41) is 12.8. The molecule has 80 valence electrons. The number of aromatic nitrogens is 2. The number of hydrogen-bond donors (Lipinski definition) is 0. The van der Waals surface area contributed by atoms with E-state index in [1.165, 1.54) is 5.56 Å². The zero-order valence-electron chi connectivity index (χ0n) is 8.81. The maximum atomic E-state index is 8.59. The Morgan fingerprint density at radius 2 is 2.25 bits per heavy atom. The Hall–Kier alpha value is -1.60. The van der Waals surface area contributed by atoms with Crippen molar-refractivity contribution in [2.24, 2.45) is 0 Å². The predicted molar refractivity (Wildman–Crippen MR) is 65.3 cm³/mol. The Kier molecular flexibility index (Phi) is 3.07. The van der Waals surface area contributed by atoms with Gasteiger partial charge in [-0.15, -0.1) is 0 Å². The minimum Gasteiger partial charge on any atom is -0.241 e. The van der Waals surface area contributed by atoms with E-state index in [9.17, 15) is 0 Å². The van der Waals surface area contributed by atoms with Crippen LogP contribution < -0.4 is 0 Å². The van der Waals surface area contributed by atoms with Crippen molar-refractivity contribution in [1.82, 2.24) is 9.78 Å². The smallest absolute Gasteiger partial charge is 0.0670 e. The second kappa shape index (κ2) is 4.50. The minimum absolute atomic E-state index is 0.396. The van der Waals surface area contributed by atoms with Gasteiger partial charge >= 0.3 is 0 Å². The van der Waals surface area contributed by atoms with Gasteiger partial charge in [0.1, 0.15) is 0 Å². The van der Waals surface area contributed by atoms with Crippen molar-refractivity contribution >= 4 is 15.9 Å². The molecule has 0 fully saturated rings. The van der Waals surface area contributed by atoms with Crippen molar-refractivity contribution in [3.63, 3.8) is 0 Å². The molecule has 16 heavy (non-hydrogen) atoms. The van der Waals surface area contributed by atoms with E-state index in [0.29, 0.717) is 6.42 Å². The molecule has 0 aliphatic rings. The molecule has 1 aromatic heterocycles. The highest BCUT2D eigenvalue weighted by Crippen LogP contribution is 2.18. The largest absolute Gasteiger partial charge is 0.241 e. The zero-order valence-corrected chi connectivity index (χ0v) is 10.4. The van der Waals surface area contributed by atoms with Crippen LogP contribution in [0.4, 0.5) is 0 Å². The number of hydrogen-bond acceptors (Lipinski definition) is 2. The Morgan fingerprint density at radius 1 is 1.44 bits per heavy atom. The van der Waals surface area contributed by atoms with Gasteiger partial charge in [0.2, 0.25) is 0 Å². The predicted octanol–water partition coefficient (Wildman–Crippen LogP) is 3.01. The third-order valence-corrected chi connectivity index (χ3v) is 2.67. The van der Waals surface area contributed by atoms with E-state index in [2.05, 4.69) is 27.1 Å². The Bertz CT molecular complexity index is 531. The lowest BCUT2D eigenvalue weighted by Gasteiger charge is -2.03. The summed E-state index contributed by atoms with van der Waals surface area (Å²) in [7, 11) is 0. The van der Waals surface area contributed by atoms with Gasteiger partial charge < -0.3 is 0 Å². The van der Waals surface area contributed by atoms with Gasteiger partial charge in [0.15, 0.2) is 0 Å². The first-order valence-electron chi connectivity index (χ1n) is 4.87. The molecule has 3 nitrogen and oxygen atoms in total. The molecular weight excluding hydrogens is 266 g/mol. The van der Waals surface area contributed by atoms with E-state index in [0.717, 1.165) is 15.7 Å². The van der Waals surface area contributed by atoms with Crippen LogP contribution in [0.2, 0.25) is 0 Å². The first kappa shape index (κ1) is 10.9. The summed E-state index contributed by atoms with van der Waals surface area (Å²) in [6.07, 6.45) is 4.00. The van der Waals surface area contributed by atoms with Crippen LogP contribution in [0.15, 0.2) is 35.1 Å². The van der Waals surface area contributed by atoms with Crippen LogP contribution in [0.1, 0.15) is 11.1 Å². The highest BCUT2D eigenvalue weighted by Gasteiger charge is 2.02. The normalized spacial score (nSPS) is 10.1. The van der Waals surface area contributed by atoms with Crippen molar-refractivity contribution < 1.29 is 0 Å². The summed E-state index contributed by atoms with van der Waals surface area (Å²) in [5.41, 5.74) is 3.10. The number of halogens is 1. The van der Waals surface area contributed by atoms with Gasteiger partial charge in [-0.1, -0.05) is 15.9 Å². The highest BCUT2D eigenvalue weighted by atomic mass is 79.9. The van der Waals surface area contributed by atoms with Crippen molar-refractivity contribution in [3.8, 4) is 11.8 Å². The Morgan fingerprint density at radius 3 is 2.94 bits per heavy atom. The number of nitriles is 1. The third-order valence-electron chi connectivity index (χ3n) is 2.21. The second-order valence-electron chi connectivity index (χ2n) is 3.61. The second-order valence-corrected chi connectivity index (χ2v) is 4.53. The molecule has 0 N–H and O–H groups in total. The molecular formula is C12H10BrN3. The molecule has 4 heteroatoms. The molecule has 0 aliphatic carbocycles. The van der Waals surface area contributed by atoms with E-state index >= 15 is 0 Å². The molecule has 0 spiro atoms. The monoisotopic (exact) mass is 275 g/mol. The molecule has 0 radical (unpaired) electrons. The van der Waals surface area contributed by atoms with Gasteiger partial charge in [-0.25, -0.2) is 4.68 Å². The number of nitrogens with zero attached hydrogens (tertiary/aromatic N) is 3. The van der Waals surface area contributed by atoms with E-state index in [-0.39, 0.29) is 0 Å². The maximum absolute atomic E-state index is 8.59. The van der Waals surface area contributed by atoms with E-state index in [4.69, 9.17) is 5.26 Å². The fourth-order valence-corrected chi connectivity index (χ4v) is 2.13. The molecule has 0 amide bonds. The molecule has 0 saturated carbocycles. The van der Waals surface area contributed by atoms with Crippen LogP contribution in [0, 0.1) is 18.3 Å². The first-order valence-corrected chi connectivity index (χ1v) is 5.66. The fraction of sp³-hybridized carbons (Fsp3) is 0.167. The summed E-state index contributed by atoms with van der Waals surface area (Å²) in [5.74, 6) is 0. The fourth-order valence-electron chi connectivity index (χ4n) is 1.53. The Balaban J connectivity index is 2.39. The molecule has 0 atom stereocenters. The van der Waals surface area contributed by atoms with Crippen LogP contribution in [-0.2, 0) is 6.42 Å². The molecule has 0 aliphatic heterocycles. The summed E-state index contributed by atoms with van der Waals surface area (Å²) in [4.78, 5) is 0. The number of benzene rings is 1. The zero-order chi connectivity index (χ0) is 11.5. The van der Waals surface area contributed by atoms with Crippen LogP contribution in [0.5, 0.6) is 0 Å². The molecule has 0 saturated heterocycles. The summed E-state index contributed by atoms with van der Waals surface area (Å²) in [6, 6.07) is 8.20. The van der Waals surface area contributed by atoms with Crippen LogP contribution in [-0.4, -0.2) is 9.78 Å². The van der Waals surface area contributed by atoms with Crippen molar-refractivity contribution in [3.05, 3.63) is 46.2 Å². The maximum Gasteiger partial charge on any atom is 0.0670 e. The van der Waals surface area contributed by atoms with Gasteiger partial charge in [0, 0.05) is 16.2 Å². The Labute approximate surface area is 102 Å². The average molecular weight is 276 g/mol. The summed E-state index contributed by atoms with van der Waals surface area (Å²) >= 11 is 3.45. The van der Waals surface area contributed by atoms with E-state index < -0.39 is 0 Å². The lowest BCUT2D eigenvalue weighted by atomic mass is 10.2. The van der Waals surface area contributed by atoms with Gasteiger partial charge in [0.05, 0.1) is 24.4 Å². The molecule has 2 rings (SSSR count). The molecule has 1 heterocycles. The topological polar surface area (TPSA) is 41.6 Å². The average Bonchev–Trinajstić information content (AvgIpc) is 2.65. The van der Waals surface area contributed by atoms with E-state index in [1.807, 2.05) is 31.3 Å². The molecule has 2 aromatic rings. The number of rotatable bonds is 2. The van der Waals surface area contributed by atoms with Crippen molar-refractivity contribution in [1.29, 1.82) is 5.26 Å².